The molecule has 1 amide bonds. The Kier molecular flexibility index (Phi) is 5.62. The van der Waals surface area contributed by atoms with Crippen LogP contribution in [0.5, 0.6) is 0 Å². The zero-order chi connectivity index (χ0) is 23.2. The number of carbonyl (C=O) groups is 1. The number of halogens is 4. The number of nitrogens with zero attached hydrogens (tertiary/aromatic N) is 3. The van der Waals surface area contributed by atoms with Gasteiger partial charge in [-0.15, -0.1) is 11.3 Å². The standard InChI is InChI=1S/C23H17ClF3N3O2S/c24-18-16-3-1-2-13(15-5-8-32-12-15)10-17(23(25,26)27)19(16)29-20(18)22(31)30-7-4-14(11-30)21-28-6-9-33-21/h2,4-6,8-10,12,16H,1,3,7,11H2. The lowest BCUT2D eigenvalue weighted by atomic mass is 9.88. The first kappa shape index (κ1) is 21.9. The summed E-state index contributed by atoms with van der Waals surface area (Å²) >= 11 is 7.96. The van der Waals surface area contributed by atoms with Gasteiger partial charge in [0.1, 0.15) is 10.7 Å². The van der Waals surface area contributed by atoms with Crippen LogP contribution in [0.2, 0.25) is 0 Å². The quantitative estimate of drug-likeness (QED) is 0.541. The minimum atomic E-state index is -4.67. The number of aliphatic imine (C=N–C) groups is 1. The Balaban J connectivity index is 1.46. The van der Waals surface area contributed by atoms with Crippen LogP contribution < -0.4 is 0 Å². The fourth-order valence-electron chi connectivity index (χ4n) is 4.15. The summed E-state index contributed by atoms with van der Waals surface area (Å²) in [6.07, 6.45) is 5.28. The van der Waals surface area contributed by atoms with E-state index in [1.807, 2.05) is 11.5 Å². The van der Waals surface area contributed by atoms with Gasteiger partial charge in [-0.05, 0) is 30.6 Å². The molecule has 1 unspecified atom stereocenters. The first-order valence-corrected chi connectivity index (χ1v) is 11.5. The largest absolute Gasteiger partial charge is 0.472 e. The maximum atomic E-state index is 14.1. The van der Waals surface area contributed by atoms with Crippen molar-refractivity contribution in [2.45, 2.75) is 19.0 Å². The van der Waals surface area contributed by atoms with Crippen LogP contribution in [0.4, 0.5) is 13.2 Å². The van der Waals surface area contributed by atoms with Crippen molar-refractivity contribution in [1.29, 1.82) is 0 Å². The number of alkyl halides is 3. The molecule has 5 rings (SSSR count). The molecule has 33 heavy (non-hydrogen) atoms. The van der Waals surface area contributed by atoms with Crippen molar-refractivity contribution in [1.82, 2.24) is 9.88 Å². The topological polar surface area (TPSA) is 58.7 Å². The summed E-state index contributed by atoms with van der Waals surface area (Å²) in [5.74, 6) is -1.26. The summed E-state index contributed by atoms with van der Waals surface area (Å²) in [7, 11) is 0. The molecule has 10 heteroatoms. The molecule has 0 saturated carbocycles. The van der Waals surface area contributed by atoms with Crippen molar-refractivity contribution in [2.24, 2.45) is 10.9 Å². The Morgan fingerprint density at radius 3 is 2.85 bits per heavy atom. The van der Waals surface area contributed by atoms with Crippen LogP contribution in [-0.4, -0.2) is 40.8 Å². The molecule has 1 aliphatic carbocycles. The van der Waals surface area contributed by atoms with E-state index in [0.717, 1.165) is 16.7 Å². The second-order valence-corrected chi connectivity index (χ2v) is 9.10. The number of rotatable bonds is 3. The second kappa shape index (κ2) is 8.46. The summed E-state index contributed by atoms with van der Waals surface area (Å²) in [4.78, 5) is 23.2. The van der Waals surface area contributed by atoms with Gasteiger partial charge in [0, 0.05) is 41.7 Å². The van der Waals surface area contributed by atoms with E-state index in [4.69, 9.17) is 16.0 Å². The van der Waals surface area contributed by atoms with E-state index in [1.54, 1.807) is 18.3 Å². The molecular formula is C23H17ClF3N3O2S. The molecule has 0 aromatic carbocycles. The fraction of sp³-hybridized carbons (Fsp3) is 0.261. The summed E-state index contributed by atoms with van der Waals surface area (Å²) in [5.41, 5.74) is 0.608. The van der Waals surface area contributed by atoms with E-state index >= 15 is 0 Å². The maximum Gasteiger partial charge on any atom is 0.418 e. The normalized spacial score (nSPS) is 21.2. The molecule has 0 saturated heterocycles. The molecule has 0 bridgehead atoms. The molecular weight excluding hydrogens is 475 g/mol. The molecule has 170 valence electrons. The Hall–Kier alpha value is -2.91. The van der Waals surface area contributed by atoms with E-state index in [9.17, 15) is 18.0 Å². The van der Waals surface area contributed by atoms with E-state index in [-0.39, 0.29) is 16.4 Å². The summed E-state index contributed by atoms with van der Waals surface area (Å²) in [6, 6.07) is 1.60. The van der Waals surface area contributed by atoms with Crippen molar-refractivity contribution in [3.63, 3.8) is 0 Å². The van der Waals surface area contributed by atoms with Crippen molar-refractivity contribution < 1.29 is 22.4 Å². The number of hydrogen-bond acceptors (Lipinski definition) is 5. The highest BCUT2D eigenvalue weighted by molar-refractivity contribution is 7.10. The third-order valence-corrected chi connectivity index (χ3v) is 7.06. The van der Waals surface area contributed by atoms with Gasteiger partial charge in [0.2, 0.25) is 0 Å². The summed E-state index contributed by atoms with van der Waals surface area (Å²) in [5, 5.41) is 2.72. The fourth-order valence-corrected chi connectivity index (χ4v) is 5.15. The third-order valence-electron chi connectivity index (χ3n) is 5.77. The molecule has 1 atom stereocenters. The minimum Gasteiger partial charge on any atom is -0.472 e. The van der Waals surface area contributed by atoms with Crippen molar-refractivity contribution in [3.05, 3.63) is 75.3 Å². The van der Waals surface area contributed by atoms with E-state index in [0.29, 0.717) is 37.1 Å². The lowest BCUT2D eigenvalue weighted by molar-refractivity contribution is -0.125. The summed E-state index contributed by atoms with van der Waals surface area (Å²) in [6.45, 7) is 0.634. The van der Waals surface area contributed by atoms with Gasteiger partial charge in [-0.3, -0.25) is 4.79 Å². The summed E-state index contributed by atoms with van der Waals surface area (Å²) < 4.78 is 47.3. The zero-order valence-corrected chi connectivity index (χ0v) is 18.7. The van der Waals surface area contributed by atoms with E-state index in [2.05, 4.69) is 9.98 Å². The van der Waals surface area contributed by atoms with Gasteiger partial charge < -0.3 is 9.32 Å². The van der Waals surface area contributed by atoms with Crippen LogP contribution in [0.3, 0.4) is 0 Å². The molecule has 3 aliphatic rings. The molecule has 2 aromatic heterocycles. The number of carbonyl (C=O) groups excluding carboxylic acids is 1. The average Bonchev–Trinajstić information content (AvgIpc) is 3.55. The molecule has 0 N–H and O–H groups in total. The van der Waals surface area contributed by atoms with Gasteiger partial charge in [0.25, 0.3) is 5.91 Å². The van der Waals surface area contributed by atoms with Gasteiger partial charge >= 0.3 is 6.18 Å². The highest BCUT2D eigenvalue weighted by Crippen LogP contribution is 2.43. The van der Waals surface area contributed by atoms with Gasteiger partial charge in [-0.25, -0.2) is 9.98 Å². The van der Waals surface area contributed by atoms with Crippen LogP contribution in [0.15, 0.2) is 74.1 Å². The molecule has 4 heterocycles. The van der Waals surface area contributed by atoms with Crippen LogP contribution in [0.25, 0.3) is 11.1 Å². The molecule has 0 spiro atoms. The predicted molar refractivity (Wildman–Crippen MR) is 121 cm³/mol. The maximum absolute atomic E-state index is 14.1. The molecule has 2 aromatic rings. The minimum absolute atomic E-state index is 0.0630. The Bertz CT molecular complexity index is 1240. The lowest BCUT2D eigenvalue weighted by Gasteiger charge is -2.21. The van der Waals surface area contributed by atoms with Crippen molar-refractivity contribution >= 4 is 45.7 Å². The molecule has 2 aliphatic heterocycles. The van der Waals surface area contributed by atoms with Crippen LogP contribution >= 0.6 is 22.9 Å². The van der Waals surface area contributed by atoms with Crippen molar-refractivity contribution in [3.8, 4) is 0 Å². The monoisotopic (exact) mass is 491 g/mol. The molecule has 0 radical (unpaired) electrons. The van der Waals surface area contributed by atoms with Crippen LogP contribution in [-0.2, 0) is 4.79 Å². The van der Waals surface area contributed by atoms with Gasteiger partial charge in [-0.1, -0.05) is 23.8 Å². The highest BCUT2D eigenvalue weighted by Gasteiger charge is 2.45. The van der Waals surface area contributed by atoms with Gasteiger partial charge in [0.15, 0.2) is 0 Å². The number of furan rings is 1. The van der Waals surface area contributed by atoms with E-state index in [1.165, 1.54) is 28.8 Å². The number of aromatic nitrogens is 1. The number of allylic oxidation sites excluding steroid dienone is 5. The van der Waals surface area contributed by atoms with E-state index < -0.39 is 23.6 Å². The predicted octanol–water partition coefficient (Wildman–Crippen LogP) is 5.85. The number of thiazole rings is 1. The number of fused-ring (bicyclic) bond motifs is 1. The van der Waals surface area contributed by atoms with Crippen LogP contribution in [0.1, 0.15) is 23.4 Å². The number of hydrogen-bond donors (Lipinski definition) is 0. The van der Waals surface area contributed by atoms with Gasteiger partial charge in [0.05, 0.1) is 28.8 Å². The van der Waals surface area contributed by atoms with Crippen molar-refractivity contribution in [2.75, 3.05) is 13.1 Å². The lowest BCUT2D eigenvalue weighted by Crippen LogP contribution is -2.29. The first-order valence-electron chi connectivity index (χ1n) is 10.2. The second-order valence-electron chi connectivity index (χ2n) is 7.80. The third kappa shape index (κ3) is 4.11. The molecule has 0 fully saturated rings. The zero-order valence-electron chi connectivity index (χ0n) is 17.1. The SMILES string of the molecule is O=C(C1=C(Cl)C2CCC=C(c3ccoc3)C=C(C(F)(F)F)C2=N1)N1CC=C(c2nccs2)C1. The Morgan fingerprint density at radius 1 is 1.30 bits per heavy atom. The Labute approximate surface area is 196 Å². The Morgan fingerprint density at radius 2 is 2.15 bits per heavy atom. The smallest absolute Gasteiger partial charge is 0.418 e. The molecule has 5 nitrogen and oxygen atoms in total. The highest BCUT2D eigenvalue weighted by atomic mass is 35.5. The average molecular weight is 492 g/mol. The first-order chi connectivity index (χ1) is 15.8. The number of amides is 1. The van der Waals surface area contributed by atoms with Gasteiger partial charge in [-0.2, -0.15) is 13.2 Å². The van der Waals surface area contributed by atoms with Crippen LogP contribution in [0, 0.1) is 5.92 Å².